The molecule has 1 N–H and O–H groups in total. The number of alkyl halides is 3. The van der Waals surface area contributed by atoms with Crippen molar-refractivity contribution in [2.45, 2.75) is 31.6 Å². The normalized spacial score (nSPS) is 19.2. The maximum absolute atomic E-state index is 13.8. The monoisotopic (exact) mass is 574 g/mol. The van der Waals surface area contributed by atoms with Gasteiger partial charge in [-0.25, -0.2) is 4.99 Å². The molecule has 0 amide bonds. The topological polar surface area (TPSA) is 77.8 Å². The smallest absolute Gasteiger partial charge is 0.416 e. The van der Waals surface area contributed by atoms with Crippen molar-refractivity contribution in [2.75, 3.05) is 43.7 Å². The number of thiophene rings is 1. The van der Waals surface area contributed by atoms with E-state index in [0.29, 0.717) is 36.2 Å². The van der Waals surface area contributed by atoms with Gasteiger partial charge in [0.1, 0.15) is 11.5 Å². The number of halogens is 3. The summed E-state index contributed by atoms with van der Waals surface area (Å²) in [6, 6.07) is 12.1. The molecule has 0 radical (unpaired) electrons. The molecule has 40 heavy (non-hydrogen) atoms. The zero-order valence-electron chi connectivity index (χ0n) is 22.2. The minimum absolute atomic E-state index is 0.00982. The molecule has 1 aromatic heterocycles. The van der Waals surface area contributed by atoms with Gasteiger partial charge in [-0.1, -0.05) is 6.07 Å². The van der Waals surface area contributed by atoms with Crippen molar-refractivity contribution < 1.29 is 32.5 Å². The van der Waals surface area contributed by atoms with Gasteiger partial charge in [-0.05, 0) is 48.7 Å². The molecule has 0 bridgehead atoms. The third-order valence-electron chi connectivity index (χ3n) is 7.15. The fourth-order valence-electron chi connectivity index (χ4n) is 5.29. The molecule has 212 valence electrons. The van der Waals surface area contributed by atoms with E-state index in [0.717, 1.165) is 23.6 Å². The van der Waals surface area contributed by atoms with Crippen molar-refractivity contribution in [3.8, 4) is 11.5 Å². The van der Waals surface area contributed by atoms with Crippen LogP contribution >= 0.6 is 11.3 Å². The van der Waals surface area contributed by atoms with Crippen molar-refractivity contribution in [1.29, 1.82) is 0 Å². The number of carbonyl (C=O) groups is 1. The van der Waals surface area contributed by atoms with Crippen LogP contribution in [0.2, 0.25) is 0 Å². The third kappa shape index (κ3) is 5.27. The Bertz CT molecular complexity index is 1430. The van der Waals surface area contributed by atoms with E-state index in [9.17, 15) is 23.1 Å². The molecular formula is C28H29F3N4O4S. The van der Waals surface area contributed by atoms with Gasteiger partial charge in [0, 0.05) is 37.4 Å². The number of aliphatic carboxylic acids is 1. The van der Waals surface area contributed by atoms with Gasteiger partial charge in [-0.2, -0.15) is 13.2 Å². The van der Waals surface area contributed by atoms with E-state index in [2.05, 4.69) is 11.8 Å². The van der Waals surface area contributed by atoms with Gasteiger partial charge in [0.05, 0.1) is 48.5 Å². The first-order chi connectivity index (χ1) is 19.1. The lowest BCUT2D eigenvalue weighted by atomic mass is 10.0. The average molecular weight is 575 g/mol. The van der Waals surface area contributed by atoms with Crippen molar-refractivity contribution in [1.82, 2.24) is 4.90 Å². The first-order valence-electron chi connectivity index (χ1n) is 12.7. The number of anilines is 2. The number of nitrogens with zero attached hydrogens (tertiary/aromatic N) is 4. The van der Waals surface area contributed by atoms with Crippen LogP contribution in [0.1, 0.15) is 29.8 Å². The molecule has 2 aromatic carbocycles. The van der Waals surface area contributed by atoms with E-state index in [1.54, 1.807) is 12.0 Å². The first kappa shape index (κ1) is 27.6. The molecule has 0 unspecified atom stereocenters. The van der Waals surface area contributed by atoms with Crippen LogP contribution in [0.3, 0.4) is 0 Å². The fraction of sp³-hybridized carbons (Fsp3) is 0.357. The highest BCUT2D eigenvalue weighted by Gasteiger charge is 2.41. The van der Waals surface area contributed by atoms with Gasteiger partial charge in [0.2, 0.25) is 5.96 Å². The number of methoxy groups -OCH3 is 2. The lowest BCUT2D eigenvalue weighted by Crippen LogP contribution is -2.58. The molecule has 3 aromatic rings. The van der Waals surface area contributed by atoms with E-state index in [4.69, 9.17) is 14.5 Å². The van der Waals surface area contributed by atoms with Crippen LogP contribution in [0.5, 0.6) is 11.5 Å². The van der Waals surface area contributed by atoms with Gasteiger partial charge in [-0.15, -0.1) is 11.3 Å². The number of benzene rings is 2. The van der Waals surface area contributed by atoms with Crippen molar-refractivity contribution in [3.05, 3.63) is 64.4 Å². The highest BCUT2D eigenvalue weighted by atomic mass is 32.1. The molecular weight excluding hydrogens is 545 g/mol. The third-order valence-corrected chi connectivity index (χ3v) is 8.16. The highest BCUT2D eigenvalue weighted by molar-refractivity contribution is 7.10. The molecule has 2 aliphatic rings. The molecule has 3 heterocycles. The second-order valence-electron chi connectivity index (χ2n) is 9.64. The summed E-state index contributed by atoms with van der Waals surface area (Å²) in [4.78, 5) is 23.5. The maximum Gasteiger partial charge on any atom is 0.416 e. The van der Waals surface area contributed by atoms with Crippen LogP contribution in [0.15, 0.2) is 58.9 Å². The predicted octanol–water partition coefficient (Wildman–Crippen LogP) is 6.02. The summed E-state index contributed by atoms with van der Waals surface area (Å²) in [6.07, 6.45) is -4.92. The Hall–Kier alpha value is -3.93. The summed E-state index contributed by atoms with van der Waals surface area (Å²) in [5.41, 5.74) is 0.878. The molecule has 2 atom stereocenters. The molecule has 1 fully saturated rings. The Labute approximate surface area is 233 Å². The number of hydrogen-bond donors (Lipinski definition) is 1. The number of piperazine rings is 1. The highest BCUT2D eigenvalue weighted by Crippen LogP contribution is 2.47. The number of fused-ring (bicyclic) bond motifs is 1. The van der Waals surface area contributed by atoms with E-state index >= 15 is 0 Å². The second kappa shape index (κ2) is 10.9. The Kier molecular flexibility index (Phi) is 7.54. The van der Waals surface area contributed by atoms with Crippen LogP contribution in [-0.4, -0.2) is 61.8 Å². The Morgan fingerprint density at radius 1 is 1.12 bits per heavy atom. The quantitative estimate of drug-likeness (QED) is 0.386. The molecule has 12 heteroatoms. The number of aliphatic imine (C=N–C) groups is 1. The summed E-state index contributed by atoms with van der Waals surface area (Å²) < 4.78 is 52.3. The zero-order chi connectivity index (χ0) is 28.6. The zero-order valence-corrected chi connectivity index (χ0v) is 23.0. The van der Waals surface area contributed by atoms with Crippen LogP contribution in [0.4, 0.5) is 30.2 Å². The molecule has 8 nitrogen and oxygen atoms in total. The summed E-state index contributed by atoms with van der Waals surface area (Å²) in [5.74, 6) is 0.261. The number of carboxylic acids is 1. The summed E-state index contributed by atoms with van der Waals surface area (Å²) in [6.45, 7) is 3.69. The van der Waals surface area contributed by atoms with Crippen LogP contribution in [0, 0.1) is 0 Å². The van der Waals surface area contributed by atoms with Crippen LogP contribution < -0.4 is 19.3 Å². The van der Waals surface area contributed by atoms with Crippen LogP contribution in [-0.2, 0) is 11.0 Å². The summed E-state index contributed by atoms with van der Waals surface area (Å²) >= 11 is 1.33. The van der Waals surface area contributed by atoms with Gasteiger partial charge in [0.25, 0.3) is 0 Å². The number of ether oxygens (including phenoxy) is 2. The summed E-state index contributed by atoms with van der Waals surface area (Å²) in [7, 11) is 3.00. The van der Waals surface area contributed by atoms with Crippen molar-refractivity contribution in [2.24, 2.45) is 4.99 Å². The van der Waals surface area contributed by atoms with Crippen molar-refractivity contribution >= 4 is 40.3 Å². The van der Waals surface area contributed by atoms with Gasteiger partial charge < -0.3 is 24.4 Å². The predicted molar refractivity (Wildman–Crippen MR) is 148 cm³/mol. The van der Waals surface area contributed by atoms with Gasteiger partial charge >= 0.3 is 12.1 Å². The SMILES string of the molecule is COc1cccc(N2CCN(C3=Nc4ccsc4[C@H](CC(=O)O)N3c3cc(C(F)(F)F)ccc3OC)C[C@H]2C)c1. The van der Waals surface area contributed by atoms with E-state index < -0.39 is 23.8 Å². The fourth-order valence-corrected chi connectivity index (χ4v) is 6.21. The molecule has 0 aliphatic carbocycles. The van der Waals surface area contributed by atoms with Crippen LogP contribution in [0.25, 0.3) is 0 Å². The Balaban J connectivity index is 1.58. The maximum atomic E-state index is 13.8. The Morgan fingerprint density at radius 3 is 2.60 bits per heavy atom. The first-order valence-corrected chi connectivity index (χ1v) is 13.6. The number of rotatable bonds is 6. The van der Waals surface area contributed by atoms with Gasteiger partial charge in [0.15, 0.2) is 0 Å². The van der Waals surface area contributed by atoms with Gasteiger partial charge in [-0.3, -0.25) is 9.69 Å². The number of hydrogen-bond acceptors (Lipinski definition) is 8. The second-order valence-corrected chi connectivity index (χ2v) is 10.6. The lowest BCUT2D eigenvalue weighted by Gasteiger charge is -2.47. The molecule has 5 rings (SSSR count). The molecule has 2 aliphatic heterocycles. The number of carboxylic acid groups (broad SMARTS) is 1. The van der Waals surface area contributed by atoms with E-state index in [1.807, 2.05) is 40.6 Å². The van der Waals surface area contributed by atoms with Crippen molar-refractivity contribution in [3.63, 3.8) is 0 Å². The summed E-state index contributed by atoms with van der Waals surface area (Å²) in [5, 5.41) is 11.7. The average Bonchev–Trinajstić information content (AvgIpc) is 3.40. The Morgan fingerprint density at radius 2 is 1.93 bits per heavy atom. The standard InChI is InChI=1S/C28H29F3N4O4S/c1-17-16-33(10-11-34(17)19-5-4-6-20(14-19)38-2)27-32-21-9-12-40-26(21)23(15-25(36)37)35(27)22-13-18(28(29,30)31)7-8-24(22)39-3/h4-9,12-14,17,23H,10-11,15-16H2,1-3H3,(H,36,37)/t17-,23+/m1/s1. The molecule has 1 saturated heterocycles. The van der Waals surface area contributed by atoms with E-state index in [-0.39, 0.29) is 23.9 Å². The minimum Gasteiger partial charge on any atom is -0.497 e. The largest absolute Gasteiger partial charge is 0.497 e. The minimum atomic E-state index is -4.60. The van der Waals surface area contributed by atoms with E-state index in [1.165, 1.54) is 24.5 Å². The molecule has 0 saturated carbocycles. The molecule has 0 spiro atoms. The lowest BCUT2D eigenvalue weighted by molar-refractivity contribution is -0.138. The number of guanidine groups is 1.